The molecule has 2 saturated heterocycles. The van der Waals surface area contributed by atoms with Crippen molar-refractivity contribution in [2.45, 2.75) is 64.5 Å². The number of amides is 1. The number of hydrogen-bond acceptors (Lipinski definition) is 3. The van der Waals surface area contributed by atoms with E-state index in [-0.39, 0.29) is 6.04 Å². The lowest BCUT2D eigenvalue weighted by Crippen LogP contribution is -2.56. The molecule has 0 aromatic heterocycles. The molecule has 3 fully saturated rings. The fourth-order valence-corrected chi connectivity index (χ4v) is 4.41. The normalized spacial score (nSPS) is 28.2. The first-order chi connectivity index (χ1) is 10.6. The second-order valence-electron chi connectivity index (χ2n) is 7.69. The van der Waals surface area contributed by atoms with Crippen LogP contribution in [0.15, 0.2) is 0 Å². The molecule has 4 nitrogen and oxygen atoms in total. The number of carbonyl (C=O) groups is 1. The average Bonchev–Trinajstić information content (AvgIpc) is 3.09. The number of nitrogens with zero attached hydrogens (tertiary/aromatic N) is 3. The first kappa shape index (κ1) is 16.3. The number of piperazine rings is 1. The van der Waals surface area contributed by atoms with Crippen molar-refractivity contribution in [2.24, 2.45) is 5.92 Å². The highest BCUT2D eigenvalue weighted by Crippen LogP contribution is 2.25. The van der Waals surface area contributed by atoms with Crippen LogP contribution in [0.4, 0.5) is 0 Å². The summed E-state index contributed by atoms with van der Waals surface area (Å²) >= 11 is 0. The third-order valence-electron chi connectivity index (χ3n) is 6.19. The first-order valence-electron chi connectivity index (χ1n) is 9.42. The highest BCUT2D eigenvalue weighted by molar-refractivity contribution is 5.81. The minimum absolute atomic E-state index is 0.0686. The van der Waals surface area contributed by atoms with E-state index >= 15 is 0 Å². The molecule has 4 heteroatoms. The van der Waals surface area contributed by atoms with E-state index in [0.717, 1.165) is 51.2 Å². The summed E-state index contributed by atoms with van der Waals surface area (Å²) in [5, 5.41) is 0. The van der Waals surface area contributed by atoms with Gasteiger partial charge in [0.1, 0.15) is 0 Å². The molecule has 0 radical (unpaired) electrons. The van der Waals surface area contributed by atoms with E-state index in [2.05, 4.69) is 28.5 Å². The lowest BCUT2D eigenvalue weighted by Gasteiger charge is -2.41. The van der Waals surface area contributed by atoms with Gasteiger partial charge in [-0.05, 0) is 38.5 Å². The van der Waals surface area contributed by atoms with Crippen molar-refractivity contribution in [3.63, 3.8) is 0 Å². The summed E-state index contributed by atoms with van der Waals surface area (Å²) in [4.78, 5) is 19.9. The fourth-order valence-electron chi connectivity index (χ4n) is 4.41. The molecule has 1 saturated carbocycles. The van der Waals surface area contributed by atoms with Gasteiger partial charge in [0.2, 0.25) is 5.91 Å². The first-order valence-corrected chi connectivity index (χ1v) is 9.42. The van der Waals surface area contributed by atoms with Gasteiger partial charge in [-0.3, -0.25) is 14.6 Å². The van der Waals surface area contributed by atoms with Crippen LogP contribution >= 0.6 is 0 Å². The van der Waals surface area contributed by atoms with E-state index in [1.165, 1.54) is 38.5 Å². The monoisotopic (exact) mass is 307 g/mol. The van der Waals surface area contributed by atoms with Crippen molar-refractivity contribution in [3.05, 3.63) is 0 Å². The van der Waals surface area contributed by atoms with Crippen LogP contribution in [0.1, 0.15) is 52.4 Å². The average molecular weight is 307 g/mol. The Morgan fingerprint density at radius 1 is 0.909 bits per heavy atom. The number of carbonyl (C=O) groups excluding carboxylic acids is 1. The Bertz CT molecular complexity index is 365. The van der Waals surface area contributed by atoms with Gasteiger partial charge in [0.15, 0.2) is 0 Å². The number of piperidine rings is 1. The van der Waals surface area contributed by atoms with Crippen LogP contribution in [0.2, 0.25) is 0 Å². The van der Waals surface area contributed by atoms with Gasteiger partial charge in [-0.15, -0.1) is 0 Å². The van der Waals surface area contributed by atoms with E-state index in [1.807, 2.05) is 0 Å². The Balaban J connectivity index is 1.46. The van der Waals surface area contributed by atoms with Crippen molar-refractivity contribution in [2.75, 3.05) is 39.3 Å². The summed E-state index contributed by atoms with van der Waals surface area (Å²) in [6.07, 6.45) is 7.95. The van der Waals surface area contributed by atoms with Gasteiger partial charge in [-0.1, -0.05) is 19.8 Å². The van der Waals surface area contributed by atoms with Gasteiger partial charge in [0, 0.05) is 45.3 Å². The molecule has 1 atom stereocenters. The van der Waals surface area contributed by atoms with E-state index in [4.69, 9.17) is 0 Å². The van der Waals surface area contributed by atoms with Crippen LogP contribution in [0.25, 0.3) is 0 Å². The molecule has 22 heavy (non-hydrogen) atoms. The van der Waals surface area contributed by atoms with E-state index < -0.39 is 0 Å². The topological polar surface area (TPSA) is 26.8 Å². The quantitative estimate of drug-likeness (QED) is 0.800. The van der Waals surface area contributed by atoms with Crippen LogP contribution in [0.5, 0.6) is 0 Å². The molecule has 0 N–H and O–H groups in total. The summed E-state index contributed by atoms with van der Waals surface area (Å²) in [7, 11) is 0. The second kappa shape index (κ2) is 7.31. The predicted molar refractivity (Wildman–Crippen MR) is 89.8 cm³/mol. The molecular weight excluding hydrogens is 274 g/mol. The molecule has 2 aliphatic heterocycles. The minimum Gasteiger partial charge on any atom is -0.341 e. The van der Waals surface area contributed by atoms with Crippen molar-refractivity contribution >= 4 is 5.91 Å². The molecule has 0 spiro atoms. The Kier molecular flexibility index (Phi) is 5.40. The molecule has 126 valence electrons. The third-order valence-corrected chi connectivity index (χ3v) is 6.19. The standard InChI is InChI=1S/C18H33N3O/c1-15-7-9-21(10-8-15)18(22)16(2)19-11-13-20(14-12-19)17-5-3-4-6-17/h15-17H,3-14H2,1-2H3. The van der Waals surface area contributed by atoms with Crippen molar-refractivity contribution < 1.29 is 4.79 Å². The molecule has 2 heterocycles. The van der Waals surface area contributed by atoms with Crippen LogP contribution in [0.3, 0.4) is 0 Å². The second-order valence-corrected chi connectivity index (χ2v) is 7.69. The maximum atomic E-state index is 12.7. The summed E-state index contributed by atoms with van der Waals surface area (Å²) in [6, 6.07) is 0.899. The molecule has 1 aliphatic carbocycles. The largest absolute Gasteiger partial charge is 0.341 e. The zero-order valence-electron chi connectivity index (χ0n) is 14.5. The van der Waals surface area contributed by atoms with Crippen LogP contribution in [0, 0.1) is 5.92 Å². The van der Waals surface area contributed by atoms with Gasteiger partial charge >= 0.3 is 0 Å². The molecule has 3 aliphatic rings. The lowest BCUT2D eigenvalue weighted by molar-refractivity contribution is -0.138. The molecule has 1 unspecified atom stereocenters. The lowest BCUT2D eigenvalue weighted by atomic mass is 9.98. The third kappa shape index (κ3) is 3.65. The molecule has 0 aromatic rings. The van der Waals surface area contributed by atoms with Gasteiger partial charge < -0.3 is 4.90 Å². The number of likely N-dealkylation sites (tertiary alicyclic amines) is 1. The van der Waals surface area contributed by atoms with Crippen molar-refractivity contribution in [1.29, 1.82) is 0 Å². The Morgan fingerprint density at radius 2 is 1.50 bits per heavy atom. The predicted octanol–water partition coefficient (Wildman–Crippen LogP) is 2.19. The van der Waals surface area contributed by atoms with E-state index in [1.54, 1.807) is 0 Å². The maximum absolute atomic E-state index is 12.7. The number of rotatable bonds is 3. The van der Waals surface area contributed by atoms with Crippen LogP contribution in [-0.4, -0.2) is 72.0 Å². The molecule has 1 amide bonds. The van der Waals surface area contributed by atoms with Gasteiger partial charge in [0.25, 0.3) is 0 Å². The van der Waals surface area contributed by atoms with Gasteiger partial charge in [-0.25, -0.2) is 0 Å². The maximum Gasteiger partial charge on any atom is 0.239 e. The Morgan fingerprint density at radius 3 is 2.09 bits per heavy atom. The smallest absolute Gasteiger partial charge is 0.239 e. The zero-order chi connectivity index (χ0) is 15.5. The van der Waals surface area contributed by atoms with Crippen molar-refractivity contribution in [1.82, 2.24) is 14.7 Å². The summed E-state index contributed by atoms with van der Waals surface area (Å²) in [5.41, 5.74) is 0. The van der Waals surface area contributed by atoms with Gasteiger partial charge in [0.05, 0.1) is 6.04 Å². The molecule has 3 rings (SSSR count). The van der Waals surface area contributed by atoms with E-state index in [9.17, 15) is 4.79 Å². The SMILES string of the molecule is CC1CCN(C(=O)C(C)N2CCN(C3CCCC3)CC2)CC1. The number of hydrogen-bond donors (Lipinski definition) is 0. The van der Waals surface area contributed by atoms with Crippen LogP contribution in [-0.2, 0) is 4.79 Å². The molecule has 0 aromatic carbocycles. The van der Waals surface area contributed by atoms with Gasteiger partial charge in [-0.2, -0.15) is 0 Å². The van der Waals surface area contributed by atoms with E-state index in [0.29, 0.717) is 5.91 Å². The highest BCUT2D eigenvalue weighted by atomic mass is 16.2. The molecule has 0 bridgehead atoms. The summed E-state index contributed by atoms with van der Waals surface area (Å²) < 4.78 is 0. The fraction of sp³-hybridized carbons (Fsp3) is 0.944. The van der Waals surface area contributed by atoms with Crippen molar-refractivity contribution in [3.8, 4) is 0 Å². The summed E-state index contributed by atoms with van der Waals surface area (Å²) in [5.74, 6) is 1.15. The summed E-state index contributed by atoms with van der Waals surface area (Å²) in [6.45, 7) is 10.8. The zero-order valence-corrected chi connectivity index (χ0v) is 14.5. The minimum atomic E-state index is 0.0686. The Labute approximate surface area is 135 Å². The Hall–Kier alpha value is -0.610. The van der Waals surface area contributed by atoms with Crippen LogP contribution < -0.4 is 0 Å². The molecular formula is C18H33N3O. The highest BCUT2D eigenvalue weighted by Gasteiger charge is 2.32.